The highest BCUT2D eigenvalue weighted by Crippen LogP contribution is 2.18. The molecule has 0 aromatic heterocycles. The molecule has 0 unspecified atom stereocenters. The molecule has 0 spiro atoms. The van der Waals surface area contributed by atoms with Crippen LogP contribution in [-0.4, -0.2) is 45.6 Å². The molecule has 1 rings (SSSR count). The molecule has 116 valence electrons. The van der Waals surface area contributed by atoms with Gasteiger partial charge in [0.15, 0.2) is 0 Å². The van der Waals surface area contributed by atoms with Gasteiger partial charge >= 0.3 is 0 Å². The maximum absolute atomic E-state index is 12.0. The largest absolute Gasteiger partial charge is 0.341 e. The van der Waals surface area contributed by atoms with E-state index in [1.54, 1.807) is 19.2 Å². The number of carbonyl (C=O) groups is 1. The van der Waals surface area contributed by atoms with E-state index in [4.69, 9.17) is 11.6 Å². The molecule has 1 N–H and O–H groups in total. The van der Waals surface area contributed by atoms with Gasteiger partial charge in [-0.1, -0.05) is 23.7 Å². The Kier molecular flexibility index (Phi) is 6.39. The highest BCUT2D eigenvalue weighted by atomic mass is 35.5. The minimum absolute atomic E-state index is 0.186. The summed E-state index contributed by atoms with van der Waals surface area (Å²) in [5.74, 6) is -0.192. The number of nitrogens with zero attached hydrogens (tertiary/aromatic N) is 1. The van der Waals surface area contributed by atoms with E-state index in [1.165, 1.54) is 11.0 Å². The van der Waals surface area contributed by atoms with E-state index in [0.717, 1.165) is 17.4 Å². The van der Waals surface area contributed by atoms with Gasteiger partial charge in [-0.25, -0.2) is 13.1 Å². The molecule has 0 aliphatic rings. The molecule has 0 bridgehead atoms. The van der Waals surface area contributed by atoms with Crippen molar-refractivity contribution in [3.63, 3.8) is 0 Å². The lowest BCUT2D eigenvalue weighted by Crippen LogP contribution is -2.35. The topological polar surface area (TPSA) is 66.5 Å². The van der Waals surface area contributed by atoms with Crippen LogP contribution in [0.3, 0.4) is 0 Å². The first-order valence-corrected chi connectivity index (χ1v) is 8.60. The van der Waals surface area contributed by atoms with Crippen molar-refractivity contribution in [3.05, 3.63) is 40.9 Å². The lowest BCUT2D eigenvalue weighted by atomic mass is 10.1. The SMILES string of the molecule is C/C(=C/C(=O)N(C)CCNS(C)(=O)=O)c1cccc(Cl)c1. The van der Waals surface area contributed by atoms with Crippen molar-refractivity contribution >= 4 is 33.1 Å². The molecule has 1 aromatic carbocycles. The van der Waals surface area contributed by atoms with Crippen LogP contribution < -0.4 is 4.72 Å². The summed E-state index contributed by atoms with van der Waals surface area (Å²) in [7, 11) is -1.62. The molecular weight excluding hydrogens is 312 g/mol. The Morgan fingerprint density at radius 1 is 1.43 bits per heavy atom. The molecule has 7 heteroatoms. The van der Waals surface area contributed by atoms with E-state index in [1.807, 2.05) is 19.1 Å². The number of carbonyl (C=O) groups excluding carboxylic acids is 1. The van der Waals surface area contributed by atoms with Crippen LogP contribution >= 0.6 is 11.6 Å². The zero-order valence-corrected chi connectivity index (χ0v) is 13.8. The van der Waals surface area contributed by atoms with E-state index in [9.17, 15) is 13.2 Å². The number of sulfonamides is 1. The van der Waals surface area contributed by atoms with Crippen molar-refractivity contribution in [2.24, 2.45) is 0 Å². The van der Waals surface area contributed by atoms with Gasteiger partial charge < -0.3 is 4.90 Å². The molecule has 5 nitrogen and oxygen atoms in total. The van der Waals surface area contributed by atoms with Crippen molar-refractivity contribution in [1.29, 1.82) is 0 Å². The van der Waals surface area contributed by atoms with Gasteiger partial charge in [-0.05, 0) is 30.2 Å². The summed E-state index contributed by atoms with van der Waals surface area (Å²) in [6.07, 6.45) is 2.59. The lowest BCUT2D eigenvalue weighted by Gasteiger charge is -2.15. The van der Waals surface area contributed by atoms with Gasteiger partial charge in [-0.2, -0.15) is 0 Å². The first-order chi connectivity index (χ1) is 9.69. The van der Waals surface area contributed by atoms with E-state index < -0.39 is 10.0 Å². The highest BCUT2D eigenvalue weighted by molar-refractivity contribution is 7.88. The Morgan fingerprint density at radius 2 is 2.10 bits per heavy atom. The number of likely N-dealkylation sites (N-methyl/N-ethyl adjacent to an activating group) is 1. The molecule has 0 saturated heterocycles. The number of halogens is 1. The van der Waals surface area contributed by atoms with Crippen LogP contribution in [0.25, 0.3) is 5.57 Å². The Bertz CT molecular complexity index is 641. The van der Waals surface area contributed by atoms with Crippen LogP contribution in [0.1, 0.15) is 12.5 Å². The molecule has 0 aliphatic carbocycles. The number of hydrogen-bond acceptors (Lipinski definition) is 3. The number of allylic oxidation sites excluding steroid dienone is 1. The molecule has 0 aliphatic heterocycles. The van der Waals surface area contributed by atoms with Gasteiger partial charge in [0.05, 0.1) is 6.26 Å². The molecular formula is C14H19ClN2O3S. The van der Waals surface area contributed by atoms with Crippen molar-refractivity contribution < 1.29 is 13.2 Å². The van der Waals surface area contributed by atoms with Crippen LogP contribution in [0.4, 0.5) is 0 Å². The minimum atomic E-state index is -3.23. The molecule has 0 heterocycles. The molecule has 0 radical (unpaired) electrons. The second-order valence-corrected chi connectivity index (χ2v) is 7.03. The van der Waals surface area contributed by atoms with E-state index in [2.05, 4.69) is 4.72 Å². The first-order valence-electron chi connectivity index (χ1n) is 6.33. The first kappa shape index (κ1) is 17.7. The fourth-order valence-electron chi connectivity index (χ4n) is 1.62. The molecule has 1 amide bonds. The van der Waals surface area contributed by atoms with Gasteiger partial charge in [0.25, 0.3) is 0 Å². The van der Waals surface area contributed by atoms with Gasteiger partial charge in [-0.15, -0.1) is 0 Å². The summed E-state index contributed by atoms with van der Waals surface area (Å²) >= 11 is 5.91. The van der Waals surface area contributed by atoms with Crippen LogP contribution in [0.2, 0.25) is 5.02 Å². The van der Waals surface area contributed by atoms with Crippen LogP contribution in [0.5, 0.6) is 0 Å². The molecule has 21 heavy (non-hydrogen) atoms. The summed E-state index contributed by atoms with van der Waals surface area (Å²) in [6.45, 7) is 2.31. The summed E-state index contributed by atoms with van der Waals surface area (Å²) in [5.41, 5.74) is 1.67. The fourth-order valence-corrected chi connectivity index (χ4v) is 2.27. The number of hydrogen-bond donors (Lipinski definition) is 1. The van der Waals surface area contributed by atoms with E-state index >= 15 is 0 Å². The summed E-state index contributed by atoms with van der Waals surface area (Å²) < 4.78 is 24.2. The predicted octanol–water partition coefficient (Wildman–Crippen LogP) is 1.75. The standard InChI is InChI=1S/C14H19ClN2O3S/c1-11(12-5-4-6-13(15)10-12)9-14(18)17(2)8-7-16-21(3,19)20/h4-6,9-10,16H,7-8H2,1-3H3/b11-9-. The fraction of sp³-hybridized carbons (Fsp3) is 0.357. The Balaban J connectivity index is 2.64. The van der Waals surface area contributed by atoms with Crippen LogP contribution in [-0.2, 0) is 14.8 Å². The van der Waals surface area contributed by atoms with Crippen molar-refractivity contribution in [2.45, 2.75) is 6.92 Å². The third kappa shape index (κ3) is 6.75. The van der Waals surface area contributed by atoms with Gasteiger partial charge in [0, 0.05) is 31.2 Å². The zero-order chi connectivity index (χ0) is 16.0. The highest BCUT2D eigenvalue weighted by Gasteiger charge is 2.08. The molecule has 0 saturated carbocycles. The summed E-state index contributed by atoms with van der Waals surface area (Å²) in [5, 5.41) is 0.610. The second kappa shape index (κ2) is 7.59. The van der Waals surface area contributed by atoms with E-state index in [-0.39, 0.29) is 12.5 Å². The monoisotopic (exact) mass is 330 g/mol. The summed E-state index contributed by atoms with van der Waals surface area (Å²) in [6, 6.07) is 7.24. The summed E-state index contributed by atoms with van der Waals surface area (Å²) in [4.78, 5) is 13.5. The average molecular weight is 331 g/mol. The Morgan fingerprint density at radius 3 is 2.67 bits per heavy atom. The van der Waals surface area contributed by atoms with Crippen LogP contribution in [0, 0.1) is 0 Å². The molecule has 1 aromatic rings. The maximum atomic E-state index is 12.0. The number of amides is 1. The van der Waals surface area contributed by atoms with Crippen LogP contribution in [0.15, 0.2) is 30.3 Å². The predicted molar refractivity (Wildman–Crippen MR) is 85.6 cm³/mol. The molecule has 0 atom stereocenters. The van der Waals surface area contributed by atoms with E-state index in [0.29, 0.717) is 11.6 Å². The number of rotatable bonds is 6. The van der Waals surface area contributed by atoms with Crippen molar-refractivity contribution in [1.82, 2.24) is 9.62 Å². The molecule has 0 fully saturated rings. The Hall–Kier alpha value is -1.37. The maximum Gasteiger partial charge on any atom is 0.246 e. The number of nitrogens with one attached hydrogen (secondary N) is 1. The van der Waals surface area contributed by atoms with Gasteiger partial charge in [0.1, 0.15) is 0 Å². The second-order valence-electron chi connectivity index (χ2n) is 4.76. The van der Waals surface area contributed by atoms with Crippen molar-refractivity contribution in [3.8, 4) is 0 Å². The van der Waals surface area contributed by atoms with Gasteiger partial charge in [0.2, 0.25) is 15.9 Å². The minimum Gasteiger partial charge on any atom is -0.341 e. The third-order valence-corrected chi connectivity index (χ3v) is 3.77. The zero-order valence-electron chi connectivity index (χ0n) is 12.3. The number of benzene rings is 1. The smallest absolute Gasteiger partial charge is 0.246 e. The normalized spacial score (nSPS) is 12.3. The lowest BCUT2D eigenvalue weighted by molar-refractivity contribution is -0.124. The van der Waals surface area contributed by atoms with Crippen molar-refractivity contribution in [2.75, 3.05) is 26.4 Å². The third-order valence-electron chi connectivity index (χ3n) is 2.81. The van der Waals surface area contributed by atoms with Gasteiger partial charge in [-0.3, -0.25) is 4.79 Å². The Labute approximate surface area is 130 Å². The quantitative estimate of drug-likeness (QED) is 0.808. The average Bonchev–Trinajstić information content (AvgIpc) is 2.36.